The lowest BCUT2D eigenvalue weighted by atomic mass is 10.0. The molecular formula is C20H30IN5S. The van der Waals surface area contributed by atoms with Crippen molar-refractivity contribution in [1.29, 1.82) is 0 Å². The van der Waals surface area contributed by atoms with Crippen molar-refractivity contribution in [1.82, 2.24) is 20.5 Å². The standard InChI is InChI=1S/C20H29N5S.HI/c1-15(2)25-11-9-17(10-12-25)24-20(21-3)22-13-18-14-26-19(23-18)16-7-5-4-6-8-16;/h4-8,14-15,17H,9-13H2,1-3H3,(H2,21,22,24);1H. The van der Waals surface area contributed by atoms with E-state index >= 15 is 0 Å². The van der Waals surface area contributed by atoms with Crippen LogP contribution >= 0.6 is 35.3 Å². The van der Waals surface area contributed by atoms with Crippen molar-refractivity contribution in [2.24, 2.45) is 4.99 Å². The third-order valence-electron chi connectivity index (χ3n) is 4.83. The molecule has 0 bridgehead atoms. The SMILES string of the molecule is CN=C(NCc1csc(-c2ccccc2)n1)NC1CCN(C(C)C)CC1.I. The number of benzene rings is 1. The molecule has 1 aromatic heterocycles. The Balaban J connectivity index is 0.00000261. The number of aliphatic imine (C=N–C) groups is 1. The summed E-state index contributed by atoms with van der Waals surface area (Å²) in [5.41, 5.74) is 2.22. The van der Waals surface area contributed by atoms with Crippen LogP contribution in [0.4, 0.5) is 0 Å². The van der Waals surface area contributed by atoms with Gasteiger partial charge >= 0.3 is 0 Å². The average Bonchev–Trinajstić information content (AvgIpc) is 3.15. The van der Waals surface area contributed by atoms with Gasteiger partial charge < -0.3 is 15.5 Å². The zero-order valence-corrected chi connectivity index (χ0v) is 19.5. The Morgan fingerprint density at radius 2 is 1.96 bits per heavy atom. The van der Waals surface area contributed by atoms with E-state index in [4.69, 9.17) is 4.98 Å². The summed E-state index contributed by atoms with van der Waals surface area (Å²) in [6.07, 6.45) is 2.32. The Morgan fingerprint density at radius 1 is 1.26 bits per heavy atom. The molecule has 0 atom stereocenters. The third kappa shape index (κ3) is 6.43. The van der Waals surface area contributed by atoms with Crippen LogP contribution in [-0.2, 0) is 6.54 Å². The minimum Gasteiger partial charge on any atom is -0.354 e. The normalized spacial score (nSPS) is 16.2. The van der Waals surface area contributed by atoms with Gasteiger partial charge in [-0.3, -0.25) is 4.99 Å². The van der Waals surface area contributed by atoms with Gasteiger partial charge in [-0.2, -0.15) is 0 Å². The summed E-state index contributed by atoms with van der Waals surface area (Å²) in [6.45, 7) is 7.53. The Hall–Kier alpha value is -1.19. The molecule has 27 heavy (non-hydrogen) atoms. The molecule has 5 nitrogen and oxygen atoms in total. The van der Waals surface area contributed by atoms with Gasteiger partial charge in [-0.1, -0.05) is 30.3 Å². The van der Waals surface area contributed by atoms with Crippen LogP contribution in [0.2, 0.25) is 0 Å². The number of nitrogens with zero attached hydrogens (tertiary/aromatic N) is 3. The summed E-state index contributed by atoms with van der Waals surface area (Å²) in [4.78, 5) is 11.6. The Kier molecular flexibility index (Phi) is 8.98. The van der Waals surface area contributed by atoms with Gasteiger partial charge in [0.15, 0.2) is 5.96 Å². The molecule has 3 rings (SSSR count). The van der Waals surface area contributed by atoms with Crippen LogP contribution in [0.3, 0.4) is 0 Å². The van der Waals surface area contributed by atoms with Gasteiger partial charge in [0.05, 0.1) is 12.2 Å². The van der Waals surface area contributed by atoms with Gasteiger partial charge in [0.2, 0.25) is 0 Å². The first kappa shape index (κ1) is 22.1. The first-order valence-electron chi connectivity index (χ1n) is 9.36. The molecule has 2 heterocycles. The number of piperidine rings is 1. The van der Waals surface area contributed by atoms with Gasteiger partial charge in [-0.15, -0.1) is 35.3 Å². The van der Waals surface area contributed by atoms with E-state index in [-0.39, 0.29) is 24.0 Å². The molecule has 1 aliphatic rings. The number of likely N-dealkylation sites (tertiary alicyclic amines) is 1. The van der Waals surface area contributed by atoms with Gasteiger partial charge in [-0.25, -0.2) is 4.98 Å². The lowest BCUT2D eigenvalue weighted by molar-refractivity contribution is 0.167. The van der Waals surface area contributed by atoms with Crippen molar-refractivity contribution in [2.45, 2.75) is 45.3 Å². The van der Waals surface area contributed by atoms with Crippen molar-refractivity contribution < 1.29 is 0 Å². The minimum atomic E-state index is 0. The molecule has 1 saturated heterocycles. The van der Waals surface area contributed by atoms with Crippen molar-refractivity contribution >= 4 is 41.3 Å². The number of thiazole rings is 1. The fourth-order valence-electron chi connectivity index (χ4n) is 3.22. The van der Waals surface area contributed by atoms with E-state index in [9.17, 15) is 0 Å². The van der Waals surface area contributed by atoms with E-state index in [0.29, 0.717) is 18.6 Å². The van der Waals surface area contributed by atoms with Crippen LogP contribution < -0.4 is 10.6 Å². The number of halogens is 1. The predicted molar refractivity (Wildman–Crippen MR) is 126 cm³/mol. The lowest BCUT2D eigenvalue weighted by Gasteiger charge is -2.35. The third-order valence-corrected chi connectivity index (χ3v) is 5.77. The molecule has 2 aromatic rings. The van der Waals surface area contributed by atoms with Crippen LogP contribution in [-0.4, -0.2) is 48.1 Å². The molecule has 0 radical (unpaired) electrons. The maximum absolute atomic E-state index is 4.73. The van der Waals surface area contributed by atoms with Crippen LogP contribution in [0.5, 0.6) is 0 Å². The fraction of sp³-hybridized carbons (Fsp3) is 0.500. The van der Waals surface area contributed by atoms with E-state index in [1.807, 2.05) is 25.2 Å². The first-order valence-corrected chi connectivity index (χ1v) is 10.2. The summed E-state index contributed by atoms with van der Waals surface area (Å²) in [7, 11) is 1.83. The molecule has 2 N–H and O–H groups in total. The highest BCUT2D eigenvalue weighted by atomic mass is 127. The van der Waals surface area contributed by atoms with E-state index in [2.05, 4.69) is 51.9 Å². The van der Waals surface area contributed by atoms with E-state index < -0.39 is 0 Å². The van der Waals surface area contributed by atoms with Crippen molar-refractivity contribution in [2.75, 3.05) is 20.1 Å². The Labute approximate surface area is 183 Å². The smallest absolute Gasteiger partial charge is 0.191 e. The molecular weight excluding hydrogens is 469 g/mol. The van der Waals surface area contributed by atoms with Crippen molar-refractivity contribution in [3.63, 3.8) is 0 Å². The number of rotatable bonds is 5. The van der Waals surface area contributed by atoms with E-state index in [0.717, 1.165) is 42.6 Å². The molecule has 0 amide bonds. The maximum Gasteiger partial charge on any atom is 0.191 e. The number of aromatic nitrogens is 1. The monoisotopic (exact) mass is 499 g/mol. The van der Waals surface area contributed by atoms with Gasteiger partial charge in [-0.05, 0) is 26.7 Å². The summed E-state index contributed by atoms with van der Waals surface area (Å²) in [5, 5.41) is 10.1. The van der Waals surface area contributed by atoms with Gasteiger partial charge in [0, 0.05) is 43.2 Å². The first-order chi connectivity index (χ1) is 12.7. The Morgan fingerprint density at radius 3 is 2.59 bits per heavy atom. The zero-order chi connectivity index (χ0) is 18.4. The largest absolute Gasteiger partial charge is 0.354 e. The maximum atomic E-state index is 4.73. The van der Waals surface area contributed by atoms with Crippen molar-refractivity contribution in [3.8, 4) is 10.6 Å². The van der Waals surface area contributed by atoms with Crippen LogP contribution in [0, 0.1) is 0 Å². The van der Waals surface area contributed by atoms with Gasteiger partial charge in [0.25, 0.3) is 0 Å². The second-order valence-electron chi connectivity index (χ2n) is 6.98. The van der Waals surface area contributed by atoms with E-state index in [1.54, 1.807) is 11.3 Å². The zero-order valence-electron chi connectivity index (χ0n) is 16.3. The molecule has 1 aromatic carbocycles. The number of hydrogen-bond acceptors (Lipinski definition) is 4. The Bertz CT molecular complexity index is 708. The van der Waals surface area contributed by atoms with Gasteiger partial charge in [0.1, 0.15) is 5.01 Å². The highest BCUT2D eigenvalue weighted by Gasteiger charge is 2.21. The molecule has 1 aliphatic heterocycles. The quantitative estimate of drug-likeness (QED) is 0.372. The summed E-state index contributed by atoms with van der Waals surface area (Å²) < 4.78 is 0. The van der Waals surface area contributed by atoms with Crippen LogP contribution in [0.1, 0.15) is 32.4 Å². The van der Waals surface area contributed by atoms with Crippen LogP contribution in [0.15, 0.2) is 40.7 Å². The summed E-state index contributed by atoms with van der Waals surface area (Å²) >= 11 is 1.68. The molecule has 0 spiro atoms. The second-order valence-corrected chi connectivity index (χ2v) is 7.84. The molecule has 0 aliphatic carbocycles. The number of nitrogens with one attached hydrogen (secondary N) is 2. The molecule has 0 unspecified atom stereocenters. The lowest BCUT2D eigenvalue weighted by Crippen LogP contribution is -2.49. The average molecular weight is 499 g/mol. The summed E-state index contributed by atoms with van der Waals surface area (Å²) in [5.74, 6) is 0.863. The molecule has 0 saturated carbocycles. The van der Waals surface area contributed by atoms with Crippen molar-refractivity contribution in [3.05, 3.63) is 41.4 Å². The minimum absolute atomic E-state index is 0. The molecule has 7 heteroatoms. The molecule has 148 valence electrons. The summed E-state index contributed by atoms with van der Waals surface area (Å²) in [6, 6.07) is 11.4. The topological polar surface area (TPSA) is 52.6 Å². The fourth-order valence-corrected chi connectivity index (χ4v) is 4.05. The number of guanidine groups is 1. The predicted octanol–water partition coefficient (Wildman–Crippen LogP) is 3.97. The second kappa shape index (κ2) is 11.0. The highest BCUT2D eigenvalue weighted by molar-refractivity contribution is 14.0. The number of hydrogen-bond donors (Lipinski definition) is 2. The molecule has 1 fully saturated rings. The highest BCUT2D eigenvalue weighted by Crippen LogP contribution is 2.23. The van der Waals surface area contributed by atoms with E-state index in [1.165, 1.54) is 5.56 Å². The van der Waals surface area contributed by atoms with Crippen LogP contribution in [0.25, 0.3) is 10.6 Å².